The number of nitrogens with two attached hydrogens (primary N) is 2. The minimum absolute atomic E-state index is 0.167. The molecule has 2 aromatic carbocycles. The van der Waals surface area contributed by atoms with Gasteiger partial charge < -0.3 is 19.9 Å². The van der Waals surface area contributed by atoms with Crippen molar-refractivity contribution in [3.63, 3.8) is 0 Å². The Bertz CT molecular complexity index is 1050. The first kappa shape index (κ1) is 34.2. The summed E-state index contributed by atoms with van der Waals surface area (Å²) in [6, 6.07) is 18.6. The van der Waals surface area contributed by atoms with Crippen molar-refractivity contribution in [1.82, 2.24) is 10.9 Å². The highest BCUT2D eigenvalue weighted by atomic mass is 16.6. The number of nitrogens with one attached hydrogen (secondary N) is 3. The third-order valence-corrected chi connectivity index (χ3v) is 4.11. The summed E-state index contributed by atoms with van der Waals surface area (Å²) >= 11 is 0. The van der Waals surface area contributed by atoms with Crippen LogP contribution in [0.2, 0.25) is 0 Å². The van der Waals surface area contributed by atoms with Crippen molar-refractivity contribution in [3.05, 3.63) is 71.8 Å². The van der Waals surface area contributed by atoms with Gasteiger partial charge in [0, 0.05) is 0 Å². The number of hydrogen-bond donors (Lipinski definition) is 5. The Balaban J connectivity index is 0.000000593. The number of amides is 2. The molecule has 0 heterocycles. The maximum atomic E-state index is 11.5. The number of benzene rings is 2. The molecule has 2 amide bonds. The van der Waals surface area contributed by atoms with Crippen LogP contribution in [0, 0.1) is 5.41 Å². The number of esters is 2. The smallest absolute Gasteiger partial charge is 0.393 e. The predicted molar refractivity (Wildman–Crippen MR) is 145 cm³/mol. The van der Waals surface area contributed by atoms with Crippen LogP contribution in [0.15, 0.2) is 65.8 Å². The highest BCUT2D eigenvalue weighted by molar-refractivity contribution is 6.34. The van der Waals surface area contributed by atoms with Crippen LogP contribution in [0.25, 0.3) is 0 Å². The minimum Gasteiger partial charge on any atom is -0.473 e. The van der Waals surface area contributed by atoms with Crippen molar-refractivity contribution in [2.24, 2.45) is 16.7 Å². The molecule has 212 valence electrons. The fourth-order valence-electron chi connectivity index (χ4n) is 2.43. The van der Waals surface area contributed by atoms with E-state index >= 15 is 0 Å². The number of carbonyl (C=O) groups is 4. The summed E-state index contributed by atoms with van der Waals surface area (Å²) in [6.07, 6.45) is 0.512. The van der Waals surface area contributed by atoms with E-state index in [1.54, 1.807) is 20.8 Å². The van der Waals surface area contributed by atoms with Gasteiger partial charge in [-0.2, -0.15) is 0 Å². The Morgan fingerprint density at radius 2 is 1.18 bits per heavy atom. The second-order valence-electron chi connectivity index (χ2n) is 7.13. The van der Waals surface area contributed by atoms with Crippen LogP contribution in [0.3, 0.4) is 0 Å². The Morgan fingerprint density at radius 1 is 0.744 bits per heavy atom. The quantitative estimate of drug-likeness (QED) is 0.0799. The molecule has 2 aromatic rings. The average molecular weight is 545 g/mol. The van der Waals surface area contributed by atoms with Gasteiger partial charge >= 0.3 is 11.9 Å². The van der Waals surface area contributed by atoms with Crippen LogP contribution < -0.4 is 22.4 Å². The molecule has 0 aliphatic carbocycles. The maximum Gasteiger partial charge on any atom is 0.393 e. The normalized spacial score (nSPS) is 9.79. The maximum absolute atomic E-state index is 11.5. The third kappa shape index (κ3) is 17.3. The highest BCUT2D eigenvalue weighted by Gasteiger charge is 2.10. The van der Waals surface area contributed by atoms with Crippen LogP contribution >= 0.6 is 0 Å². The Kier molecular flexibility index (Phi) is 18.7. The lowest BCUT2D eigenvalue weighted by Gasteiger charge is -2.02. The lowest BCUT2D eigenvalue weighted by molar-refractivity contribution is -0.137. The Labute approximate surface area is 227 Å². The second kappa shape index (κ2) is 21.3. The molecule has 0 aliphatic rings. The zero-order chi connectivity index (χ0) is 29.5. The number of amidine groups is 1. The first-order valence-corrected chi connectivity index (χ1v) is 11.9. The molecule has 0 radical (unpaired) electrons. The van der Waals surface area contributed by atoms with Crippen LogP contribution in [0.1, 0.15) is 31.9 Å². The molecule has 0 aromatic heterocycles. The lowest BCUT2D eigenvalue weighted by Crippen LogP contribution is -2.31. The number of hydrazone groups is 1. The van der Waals surface area contributed by atoms with Crippen molar-refractivity contribution >= 4 is 35.5 Å². The topological polar surface area (TPSA) is 208 Å². The first-order chi connectivity index (χ1) is 18.7. The molecule has 13 nitrogen and oxygen atoms in total. The predicted octanol–water partition coefficient (Wildman–Crippen LogP) is 0.963. The van der Waals surface area contributed by atoms with Gasteiger partial charge in [0.1, 0.15) is 0 Å². The summed E-state index contributed by atoms with van der Waals surface area (Å²) in [6.45, 7) is 5.82. The van der Waals surface area contributed by atoms with Crippen LogP contribution in [-0.2, 0) is 46.2 Å². The SMILES string of the molecule is CCOC(=N)C(=O)OCC.CCOC(=O)C(N)=NNC(=O)Cc1ccccc1.NNC(=O)Cc1ccccc1. The molecule has 0 bridgehead atoms. The fourth-order valence-corrected chi connectivity index (χ4v) is 2.43. The largest absolute Gasteiger partial charge is 0.473 e. The van der Waals surface area contributed by atoms with Gasteiger partial charge in [0.2, 0.25) is 17.6 Å². The zero-order valence-electron chi connectivity index (χ0n) is 22.3. The molecule has 7 N–H and O–H groups in total. The molecule has 0 saturated heterocycles. The number of ether oxygens (including phenoxy) is 3. The van der Waals surface area contributed by atoms with E-state index in [0.717, 1.165) is 11.1 Å². The van der Waals surface area contributed by atoms with Crippen molar-refractivity contribution in [1.29, 1.82) is 5.41 Å². The fraction of sp³-hybridized carbons (Fsp3) is 0.308. The molecule has 2 rings (SSSR count). The van der Waals surface area contributed by atoms with Gasteiger partial charge in [-0.1, -0.05) is 60.7 Å². The monoisotopic (exact) mass is 544 g/mol. The van der Waals surface area contributed by atoms with E-state index in [9.17, 15) is 19.2 Å². The van der Waals surface area contributed by atoms with E-state index in [-0.39, 0.29) is 37.3 Å². The minimum atomic E-state index is -0.752. The number of hydrogen-bond acceptors (Lipinski definition) is 10. The van der Waals surface area contributed by atoms with E-state index in [4.69, 9.17) is 17.0 Å². The number of hydrazine groups is 1. The van der Waals surface area contributed by atoms with Gasteiger partial charge in [-0.15, -0.1) is 5.10 Å². The summed E-state index contributed by atoms with van der Waals surface area (Å²) in [5.41, 5.74) is 11.4. The summed E-state index contributed by atoms with van der Waals surface area (Å²) in [4.78, 5) is 43.9. The second-order valence-corrected chi connectivity index (χ2v) is 7.13. The third-order valence-electron chi connectivity index (χ3n) is 4.11. The van der Waals surface area contributed by atoms with Crippen molar-refractivity contribution in [3.8, 4) is 0 Å². The van der Waals surface area contributed by atoms with Crippen LogP contribution in [0.4, 0.5) is 0 Å². The van der Waals surface area contributed by atoms with E-state index in [0.29, 0.717) is 13.0 Å². The first-order valence-electron chi connectivity index (χ1n) is 11.9. The van der Waals surface area contributed by atoms with Gasteiger partial charge in [0.25, 0.3) is 5.90 Å². The van der Waals surface area contributed by atoms with Crippen LogP contribution in [-0.4, -0.2) is 55.3 Å². The summed E-state index contributed by atoms with van der Waals surface area (Å²) in [5.74, 6) is 2.14. The molecule has 0 spiro atoms. The van der Waals surface area contributed by atoms with E-state index in [1.807, 2.05) is 60.7 Å². The van der Waals surface area contributed by atoms with Gasteiger partial charge in [0.15, 0.2) is 0 Å². The molecule has 39 heavy (non-hydrogen) atoms. The van der Waals surface area contributed by atoms with Crippen molar-refractivity contribution in [2.45, 2.75) is 33.6 Å². The summed E-state index contributed by atoms with van der Waals surface area (Å²) in [5, 5.41) is 10.4. The Hall–Kier alpha value is -4.78. The van der Waals surface area contributed by atoms with E-state index < -0.39 is 17.8 Å². The Morgan fingerprint density at radius 3 is 1.62 bits per heavy atom. The molecule has 0 atom stereocenters. The molecule has 0 aliphatic heterocycles. The molecule has 13 heteroatoms. The van der Waals surface area contributed by atoms with Gasteiger partial charge in [0.05, 0.1) is 32.7 Å². The molecule has 0 unspecified atom stereocenters. The van der Waals surface area contributed by atoms with Crippen LogP contribution in [0.5, 0.6) is 0 Å². The highest BCUT2D eigenvalue weighted by Crippen LogP contribution is 1.99. The van der Waals surface area contributed by atoms with Crippen molar-refractivity contribution < 1.29 is 33.4 Å². The summed E-state index contributed by atoms with van der Waals surface area (Å²) in [7, 11) is 0. The zero-order valence-corrected chi connectivity index (χ0v) is 22.3. The molecule has 0 saturated carbocycles. The van der Waals surface area contributed by atoms with E-state index in [1.165, 1.54) is 0 Å². The number of carbonyl (C=O) groups excluding carboxylic acids is 4. The summed E-state index contributed by atoms with van der Waals surface area (Å²) < 4.78 is 13.6. The van der Waals surface area contributed by atoms with Gasteiger partial charge in [-0.25, -0.2) is 20.9 Å². The van der Waals surface area contributed by atoms with Gasteiger partial charge in [-0.05, 0) is 31.9 Å². The lowest BCUT2D eigenvalue weighted by atomic mass is 10.1. The number of rotatable bonds is 8. The molecule has 0 fully saturated rings. The van der Waals surface area contributed by atoms with Crippen molar-refractivity contribution in [2.75, 3.05) is 19.8 Å². The molecular formula is C26H36N6O7. The molecular weight excluding hydrogens is 508 g/mol. The van der Waals surface area contributed by atoms with Gasteiger partial charge in [-0.3, -0.25) is 20.4 Å². The van der Waals surface area contributed by atoms with E-state index in [2.05, 4.69) is 30.2 Å². The number of nitrogens with zero attached hydrogens (tertiary/aromatic N) is 1. The average Bonchev–Trinajstić information content (AvgIpc) is 2.94. The standard InChI is InChI=1S/C12H15N3O3.C8H10N2O.C6H11NO3/c1-2-18-12(17)11(13)15-14-10(16)8-9-6-4-3-5-7-9;9-10-8(11)6-7-4-2-1-3-5-7;1-3-9-5(7)6(8)10-4-2/h3-7H,2,8H2,1H3,(H2,13,15)(H,14,16);1-5H,6,9H2,(H,10,11);7H,3-4H2,1-2H3.